The molecule has 0 atom stereocenters. The molecule has 126 valence electrons. The minimum atomic E-state index is -4.17. The number of nitrogens with one attached hydrogen (secondary N) is 1. The number of hydrogen-bond donors (Lipinski definition) is 1. The molecule has 5 nitrogen and oxygen atoms in total. The van der Waals surface area contributed by atoms with Gasteiger partial charge in [-0.25, -0.2) is 9.67 Å². The zero-order valence-corrected chi connectivity index (χ0v) is 12.9. The van der Waals surface area contributed by atoms with Gasteiger partial charge in [0.05, 0.1) is 18.8 Å². The molecular formula is C15H20F3N5. The van der Waals surface area contributed by atoms with E-state index < -0.39 is 18.3 Å². The molecular weight excluding hydrogens is 307 g/mol. The number of alkyl halides is 3. The summed E-state index contributed by atoms with van der Waals surface area (Å²) in [6, 6.07) is 2.11. The van der Waals surface area contributed by atoms with E-state index in [1.54, 1.807) is 18.7 Å². The number of hydrogen-bond acceptors (Lipinski definition) is 3. The second-order valence-electron chi connectivity index (χ2n) is 6.36. The Bertz CT molecular complexity index is 624. The normalized spacial score (nSPS) is 25.7. The molecule has 1 saturated carbocycles. The van der Waals surface area contributed by atoms with Crippen molar-refractivity contribution in [1.82, 2.24) is 24.6 Å². The Morgan fingerprint density at radius 3 is 2.65 bits per heavy atom. The second-order valence-corrected chi connectivity index (χ2v) is 6.36. The third kappa shape index (κ3) is 3.74. The number of rotatable bonds is 4. The minimum absolute atomic E-state index is 0.197. The van der Waals surface area contributed by atoms with Crippen molar-refractivity contribution < 1.29 is 13.2 Å². The molecule has 0 saturated heterocycles. The van der Waals surface area contributed by atoms with Gasteiger partial charge in [-0.2, -0.15) is 18.3 Å². The Balaban J connectivity index is 1.65. The maximum Gasteiger partial charge on any atom is 0.401 e. The number of halogens is 3. The third-order valence-electron chi connectivity index (χ3n) is 4.54. The van der Waals surface area contributed by atoms with Gasteiger partial charge in [-0.05, 0) is 32.6 Å². The quantitative estimate of drug-likeness (QED) is 0.939. The fourth-order valence-corrected chi connectivity index (χ4v) is 3.16. The highest BCUT2D eigenvalue weighted by Crippen LogP contribution is 2.36. The van der Waals surface area contributed by atoms with Crippen LogP contribution < -0.4 is 5.32 Å². The zero-order chi connectivity index (χ0) is 16.5. The van der Waals surface area contributed by atoms with Crippen LogP contribution in [-0.2, 0) is 0 Å². The predicted octanol–water partition coefficient (Wildman–Crippen LogP) is 3.09. The van der Waals surface area contributed by atoms with Crippen LogP contribution in [0.15, 0.2) is 31.0 Å². The molecule has 1 aliphatic carbocycles. The first kappa shape index (κ1) is 16.0. The Morgan fingerprint density at radius 1 is 1.30 bits per heavy atom. The first-order valence-electron chi connectivity index (χ1n) is 7.70. The van der Waals surface area contributed by atoms with Gasteiger partial charge in [0, 0.05) is 24.0 Å². The monoisotopic (exact) mass is 327 g/mol. The Morgan fingerprint density at radius 2 is 2.04 bits per heavy atom. The molecule has 3 rings (SSSR count). The average Bonchev–Trinajstić information content (AvgIpc) is 3.16. The van der Waals surface area contributed by atoms with Crippen molar-refractivity contribution in [2.45, 2.75) is 50.4 Å². The largest absolute Gasteiger partial charge is 0.401 e. The van der Waals surface area contributed by atoms with E-state index in [1.807, 2.05) is 28.4 Å². The highest BCUT2D eigenvalue weighted by molar-refractivity contribution is 5.22. The van der Waals surface area contributed by atoms with Gasteiger partial charge < -0.3 is 5.32 Å². The lowest BCUT2D eigenvalue weighted by Gasteiger charge is -2.38. The van der Waals surface area contributed by atoms with Gasteiger partial charge in [-0.3, -0.25) is 4.57 Å². The SMILES string of the molecule is CC1(NCC(F)(F)F)CCC(n2nccc2-n2ccnc2)CC1. The van der Waals surface area contributed by atoms with E-state index in [2.05, 4.69) is 15.4 Å². The summed E-state index contributed by atoms with van der Waals surface area (Å²) in [5, 5.41) is 7.07. The maximum absolute atomic E-state index is 12.4. The van der Waals surface area contributed by atoms with Crippen LogP contribution in [0.3, 0.4) is 0 Å². The van der Waals surface area contributed by atoms with E-state index in [0.717, 1.165) is 18.7 Å². The Kier molecular flexibility index (Phi) is 4.18. The van der Waals surface area contributed by atoms with E-state index in [1.165, 1.54) is 0 Å². The predicted molar refractivity (Wildman–Crippen MR) is 79.3 cm³/mol. The standard InChI is InChI=1S/C15H20F3N5/c1-14(20-10-15(16,17)18)5-2-12(3-6-14)23-13(4-7-21-23)22-9-8-19-11-22/h4,7-9,11-12,20H,2-3,5-6,10H2,1H3. The topological polar surface area (TPSA) is 47.7 Å². The van der Waals surface area contributed by atoms with Gasteiger partial charge >= 0.3 is 6.18 Å². The molecule has 0 aliphatic heterocycles. The summed E-state index contributed by atoms with van der Waals surface area (Å²) in [4.78, 5) is 4.04. The van der Waals surface area contributed by atoms with Crippen LogP contribution in [0.5, 0.6) is 0 Å². The summed E-state index contributed by atoms with van der Waals surface area (Å²) in [5.41, 5.74) is -0.464. The van der Waals surface area contributed by atoms with Crippen LogP contribution in [0.1, 0.15) is 38.6 Å². The van der Waals surface area contributed by atoms with Crippen LogP contribution in [0.4, 0.5) is 13.2 Å². The summed E-state index contributed by atoms with van der Waals surface area (Å²) < 4.78 is 41.1. The van der Waals surface area contributed by atoms with Crippen molar-refractivity contribution in [2.75, 3.05) is 6.54 Å². The number of aromatic nitrogens is 4. The van der Waals surface area contributed by atoms with Crippen molar-refractivity contribution in [3.63, 3.8) is 0 Å². The first-order valence-corrected chi connectivity index (χ1v) is 7.70. The summed E-state index contributed by atoms with van der Waals surface area (Å²) in [7, 11) is 0. The van der Waals surface area contributed by atoms with E-state index in [4.69, 9.17) is 0 Å². The molecule has 0 unspecified atom stereocenters. The third-order valence-corrected chi connectivity index (χ3v) is 4.54. The lowest BCUT2D eigenvalue weighted by Crippen LogP contribution is -2.49. The van der Waals surface area contributed by atoms with Crippen molar-refractivity contribution in [3.05, 3.63) is 31.0 Å². The van der Waals surface area contributed by atoms with E-state index >= 15 is 0 Å². The molecule has 8 heteroatoms. The molecule has 1 fully saturated rings. The van der Waals surface area contributed by atoms with E-state index in [-0.39, 0.29) is 6.04 Å². The Hall–Kier alpha value is -1.83. The smallest absolute Gasteiger partial charge is 0.303 e. The van der Waals surface area contributed by atoms with Gasteiger partial charge in [0.15, 0.2) is 0 Å². The van der Waals surface area contributed by atoms with Crippen LogP contribution in [-0.4, -0.2) is 37.6 Å². The lowest BCUT2D eigenvalue weighted by molar-refractivity contribution is -0.129. The van der Waals surface area contributed by atoms with Crippen molar-refractivity contribution in [1.29, 1.82) is 0 Å². The average molecular weight is 327 g/mol. The van der Waals surface area contributed by atoms with Gasteiger partial charge in [0.25, 0.3) is 0 Å². The summed E-state index contributed by atoms with van der Waals surface area (Å²) in [5.74, 6) is 0.930. The lowest BCUT2D eigenvalue weighted by atomic mass is 9.81. The molecule has 0 radical (unpaired) electrons. The molecule has 0 amide bonds. The molecule has 23 heavy (non-hydrogen) atoms. The van der Waals surface area contributed by atoms with Gasteiger partial charge in [-0.15, -0.1) is 0 Å². The van der Waals surface area contributed by atoms with Crippen molar-refractivity contribution in [2.24, 2.45) is 0 Å². The van der Waals surface area contributed by atoms with Crippen LogP contribution in [0.25, 0.3) is 5.82 Å². The van der Waals surface area contributed by atoms with Crippen molar-refractivity contribution >= 4 is 0 Å². The van der Waals surface area contributed by atoms with E-state index in [9.17, 15) is 13.2 Å². The maximum atomic E-state index is 12.4. The number of nitrogens with zero attached hydrogens (tertiary/aromatic N) is 4. The zero-order valence-electron chi connectivity index (χ0n) is 12.9. The highest BCUT2D eigenvalue weighted by Gasteiger charge is 2.36. The second kappa shape index (κ2) is 5.99. The van der Waals surface area contributed by atoms with Crippen LogP contribution >= 0.6 is 0 Å². The molecule has 2 aromatic rings. The van der Waals surface area contributed by atoms with Gasteiger partial charge in [-0.1, -0.05) is 0 Å². The molecule has 2 aromatic heterocycles. The highest BCUT2D eigenvalue weighted by atomic mass is 19.4. The fraction of sp³-hybridized carbons (Fsp3) is 0.600. The van der Waals surface area contributed by atoms with Crippen LogP contribution in [0, 0.1) is 0 Å². The van der Waals surface area contributed by atoms with Gasteiger partial charge in [0.2, 0.25) is 0 Å². The minimum Gasteiger partial charge on any atom is -0.303 e. The molecule has 2 heterocycles. The molecule has 1 N–H and O–H groups in total. The van der Waals surface area contributed by atoms with Crippen molar-refractivity contribution in [3.8, 4) is 5.82 Å². The summed E-state index contributed by atoms with van der Waals surface area (Å²) in [6.45, 7) is 0.936. The Labute approximate surface area is 132 Å². The molecule has 0 spiro atoms. The molecule has 0 aromatic carbocycles. The fourth-order valence-electron chi connectivity index (χ4n) is 3.16. The first-order chi connectivity index (χ1) is 10.9. The summed E-state index contributed by atoms with van der Waals surface area (Å²) in [6.07, 6.45) is 5.82. The number of imidazole rings is 1. The molecule has 0 bridgehead atoms. The van der Waals surface area contributed by atoms with Crippen LogP contribution in [0.2, 0.25) is 0 Å². The molecule has 1 aliphatic rings. The van der Waals surface area contributed by atoms with Gasteiger partial charge in [0.1, 0.15) is 12.1 Å². The van der Waals surface area contributed by atoms with E-state index in [0.29, 0.717) is 12.8 Å². The summed E-state index contributed by atoms with van der Waals surface area (Å²) >= 11 is 0.